The molecule has 0 N–H and O–H groups in total. The Morgan fingerprint density at radius 2 is 1.36 bits per heavy atom. The van der Waals surface area contributed by atoms with Crippen molar-refractivity contribution in [2.24, 2.45) is 7.05 Å². The summed E-state index contributed by atoms with van der Waals surface area (Å²) >= 11 is 0. The third-order valence-corrected chi connectivity index (χ3v) is 9.72. The zero-order valence-corrected chi connectivity index (χ0v) is 31.1. The van der Waals surface area contributed by atoms with Crippen molar-refractivity contribution in [2.45, 2.75) is 44.0 Å². The van der Waals surface area contributed by atoms with Crippen LogP contribution in [0.15, 0.2) is 102 Å². The summed E-state index contributed by atoms with van der Waals surface area (Å²) in [6.45, 7) is 3.13. The summed E-state index contributed by atoms with van der Waals surface area (Å²) in [6.07, 6.45) is -7.59. The molecule has 2 aromatic heterocycles. The van der Waals surface area contributed by atoms with Crippen LogP contribution in [-0.2, 0) is 38.5 Å². The van der Waals surface area contributed by atoms with Gasteiger partial charge in [-0.1, -0.05) is 42.5 Å². The Morgan fingerprint density at radius 3 is 1.91 bits per heavy atom. The van der Waals surface area contributed by atoms with Gasteiger partial charge in [-0.05, 0) is 73.5 Å². The number of carbonyl (C=O) groups is 2. The number of hydrogen-bond acceptors (Lipinski definition) is 8. The second kappa shape index (κ2) is 14.7. The molecule has 0 fully saturated rings. The van der Waals surface area contributed by atoms with E-state index in [1.165, 1.54) is 49.6 Å². The quantitative estimate of drug-likeness (QED) is 0.0681. The van der Waals surface area contributed by atoms with E-state index in [0.29, 0.717) is 10.9 Å². The molecule has 58 heavy (non-hydrogen) atoms. The van der Waals surface area contributed by atoms with Crippen LogP contribution in [0.1, 0.15) is 47.8 Å². The minimum Gasteiger partial charge on any atom is -0.496 e. The molecule has 0 aliphatic carbocycles. The van der Waals surface area contributed by atoms with Gasteiger partial charge in [-0.3, -0.25) is 4.79 Å². The highest BCUT2D eigenvalue weighted by Gasteiger charge is 2.50. The van der Waals surface area contributed by atoms with Crippen LogP contribution < -0.4 is 14.9 Å². The zero-order valence-electron chi connectivity index (χ0n) is 31.1. The van der Waals surface area contributed by atoms with Gasteiger partial charge in [0.05, 0.1) is 45.6 Å². The number of fused-ring (bicyclic) bond motifs is 5. The van der Waals surface area contributed by atoms with E-state index >= 15 is 0 Å². The molecule has 0 amide bonds. The van der Waals surface area contributed by atoms with E-state index in [9.17, 15) is 40.7 Å². The van der Waals surface area contributed by atoms with Gasteiger partial charge < -0.3 is 23.5 Å². The van der Waals surface area contributed by atoms with Crippen LogP contribution in [0.25, 0.3) is 45.0 Å². The molecule has 6 aromatic rings. The Labute approximate surface area is 325 Å². The molecular formula is C43H32F6N2O7. The summed E-state index contributed by atoms with van der Waals surface area (Å²) in [5, 5.41) is 1.04. The Bertz CT molecular complexity index is 2720. The van der Waals surface area contributed by atoms with Crippen LogP contribution >= 0.6 is 0 Å². The second-order valence-corrected chi connectivity index (χ2v) is 14.0. The average molecular weight is 803 g/mol. The lowest BCUT2D eigenvalue weighted by Crippen LogP contribution is -2.52. The van der Waals surface area contributed by atoms with Crippen molar-refractivity contribution in [3.05, 3.63) is 135 Å². The first-order chi connectivity index (χ1) is 27.4. The molecule has 0 saturated carbocycles. The van der Waals surface area contributed by atoms with E-state index in [1.807, 2.05) is 12.1 Å². The maximum atomic E-state index is 14.4. The Balaban J connectivity index is 1.35. The second-order valence-electron chi connectivity index (χ2n) is 14.0. The smallest absolute Gasteiger partial charge is 0.416 e. The number of methoxy groups -OCH3 is 1. The standard InChI is InChI=1S/C43H32F6N2O7/c1-41(2)39(57-33(53)20-14-24-11-17-27(18-12-24)43(47,48)49)38(56-32(52)19-13-23-9-15-26(16-10-23)42(44,45)46)35-31(58-41)22-30(55-4)34-36(35)51(3)40-28(37(34)54)21-25-7-5-6-8-29(25)50-40/h5-22,38-39H,1-4H3/b19-13+,20-14+/t38-,39-/m1/s1. The summed E-state index contributed by atoms with van der Waals surface area (Å²) in [5.74, 6) is -1.73. The number of halogens is 6. The van der Waals surface area contributed by atoms with E-state index in [2.05, 4.69) is 0 Å². The fraction of sp³-hybridized carbons (Fsp3) is 0.209. The minimum absolute atomic E-state index is 0.0743. The molecule has 15 heteroatoms. The van der Waals surface area contributed by atoms with Crippen molar-refractivity contribution >= 4 is 56.9 Å². The van der Waals surface area contributed by atoms with E-state index < -0.39 is 58.7 Å². The minimum atomic E-state index is -4.57. The number of hydrogen-bond donors (Lipinski definition) is 0. The highest BCUT2D eigenvalue weighted by molar-refractivity contribution is 6.02. The molecule has 1 aliphatic rings. The fourth-order valence-corrected chi connectivity index (χ4v) is 6.90. The van der Waals surface area contributed by atoms with Gasteiger partial charge in [0.2, 0.25) is 5.43 Å². The maximum Gasteiger partial charge on any atom is 0.416 e. The number of pyridine rings is 2. The normalized spacial score (nSPS) is 16.8. The summed E-state index contributed by atoms with van der Waals surface area (Å²) < 4.78 is 104. The van der Waals surface area contributed by atoms with Crippen LogP contribution in [0.5, 0.6) is 11.5 Å². The fourth-order valence-electron chi connectivity index (χ4n) is 6.90. The highest BCUT2D eigenvalue weighted by Crippen LogP contribution is 2.49. The van der Waals surface area contributed by atoms with Crippen LogP contribution in [0.4, 0.5) is 26.3 Å². The SMILES string of the molecule is COc1cc2c(c3c1c(=O)c1cc4ccccc4nc1n3C)[C@@H](OC(=O)/C=C/c1ccc(C(F)(F)F)cc1)[C@@H](OC(=O)/C=C/c1ccc(C(F)(F)F)cc1)C(C)(C)O2. The first kappa shape index (κ1) is 39.6. The Hall–Kier alpha value is -6.64. The van der Waals surface area contributed by atoms with Crippen molar-refractivity contribution in [3.63, 3.8) is 0 Å². The molecule has 0 spiro atoms. The molecule has 1 aliphatic heterocycles. The molecule has 0 radical (unpaired) electrons. The Morgan fingerprint density at radius 1 is 0.810 bits per heavy atom. The maximum absolute atomic E-state index is 14.4. The summed E-state index contributed by atoms with van der Waals surface area (Å²) in [6, 6.07) is 18.5. The lowest BCUT2D eigenvalue weighted by atomic mass is 9.86. The Kier molecular flexibility index (Phi) is 10.0. The van der Waals surface area contributed by atoms with Crippen molar-refractivity contribution in [2.75, 3.05) is 7.11 Å². The van der Waals surface area contributed by atoms with Crippen LogP contribution in [0.2, 0.25) is 0 Å². The lowest BCUT2D eigenvalue weighted by Gasteiger charge is -2.43. The van der Waals surface area contributed by atoms with Gasteiger partial charge >= 0.3 is 24.3 Å². The molecular weight excluding hydrogens is 770 g/mol. The molecule has 3 heterocycles. The number of nitrogens with zero attached hydrogens (tertiary/aromatic N) is 2. The first-order valence-electron chi connectivity index (χ1n) is 17.6. The number of para-hydroxylation sites is 1. The van der Waals surface area contributed by atoms with Gasteiger partial charge in [-0.2, -0.15) is 26.3 Å². The molecule has 298 valence electrons. The van der Waals surface area contributed by atoms with Gasteiger partial charge in [0.15, 0.2) is 12.2 Å². The predicted octanol–water partition coefficient (Wildman–Crippen LogP) is 9.38. The number of aryl methyl sites for hydroxylation is 1. The van der Waals surface area contributed by atoms with Gasteiger partial charge in [-0.15, -0.1) is 0 Å². The summed E-state index contributed by atoms with van der Waals surface area (Å²) in [4.78, 5) is 46.3. The zero-order chi connectivity index (χ0) is 41.7. The third kappa shape index (κ3) is 7.59. The highest BCUT2D eigenvalue weighted by atomic mass is 19.4. The van der Waals surface area contributed by atoms with Crippen molar-refractivity contribution < 1.29 is 54.9 Å². The molecule has 4 aromatic carbocycles. The van der Waals surface area contributed by atoms with Crippen molar-refractivity contribution in [3.8, 4) is 11.5 Å². The predicted molar refractivity (Wildman–Crippen MR) is 203 cm³/mol. The largest absolute Gasteiger partial charge is 0.496 e. The van der Waals surface area contributed by atoms with Gasteiger partial charge in [-0.25, -0.2) is 14.6 Å². The summed E-state index contributed by atoms with van der Waals surface area (Å²) in [5.41, 5.74) is -2.03. The monoisotopic (exact) mass is 802 g/mol. The van der Waals surface area contributed by atoms with Gasteiger partial charge in [0.1, 0.15) is 22.7 Å². The number of alkyl halides is 6. The van der Waals surface area contributed by atoms with E-state index in [-0.39, 0.29) is 50.1 Å². The van der Waals surface area contributed by atoms with E-state index in [1.54, 1.807) is 43.7 Å². The molecule has 2 atom stereocenters. The van der Waals surface area contributed by atoms with Gasteiger partial charge in [0, 0.05) is 30.7 Å². The molecule has 0 bridgehead atoms. The van der Waals surface area contributed by atoms with Crippen LogP contribution in [-0.4, -0.2) is 40.3 Å². The van der Waals surface area contributed by atoms with Crippen molar-refractivity contribution in [1.82, 2.24) is 9.55 Å². The lowest BCUT2D eigenvalue weighted by molar-refractivity contribution is -0.184. The van der Waals surface area contributed by atoms with Crippen LogP contribution in [0, 0.1) is 0 Å². The molecule has 0 saturated heterocycles. The first-order valence-corrected chi connectivity index (χ1v) is 17.6. The van der Waals surface area contributed by atoms with Crippen LogP contribution in [0.3, 0.4) is 0 Å². The van der Waals surface area contributed by atoms with Gasteiger partial charge in [0.25, 0.3) is 0 Å². The van der Waals surface area contributed by atoms with E-state index in [4.69, 9.17) is 23.9 Å². The number of aromatic nitrogens is 2. The van der Waals surface area contributed by atoms with E-state index in [0.717, 1.165) is 36.4 Å². The number of benzene rings is 4. The molecule has 0 unspecified atom stereocenters. The number of ether oxygens (including phenoxy) is 4. The topological polar surface area (TPSA) is 106 Å². The average Bonchev–Trinajstić information content (AvgIpc) is 3.17. The number of rotatable bonds is 7. The number of carbonyl (C=O) groups excluding carboxylic acids is 2. The summed E-state index contributed by atoms with van der Waals surface area (Å²) in [7, 11) is 3.01. The molecule has 7 rings (SSSR count). The molecule has 9 nitrogen and oxygen atoms in total. The number of esters is 2. The van der Waals surface area contributed by atoms with Crippen molar-refractivity contribution in [1.29, 1.82) is 0 Å². The third-order valence-electron chi connectivity index (χ3n) is 9.72.